The number of phenolic OH excluding ortho intramolecular Hbond substituents is 1. The van der Waals surface area contributed by atoms with E-state index in [0.29, 0.717) is 29.0 Å². The summed E-state index contributed by atoms with van der Waals surface area (Å²) in [4.78, 5) is 11.5. The number of amides is 1. The topological polar surface area (TPSA) is 90.8 Å². The first kappa shape index (κ1) is 20.0. The predicted molar refractivity (Wildman–Crippen MR) is 99.3 cm³/mol. The van der Waals surface area contributed by atoms with Crippen molar-refractivity contribution in [1.29, 1.82) is 0 Å². The van der Waals surface area contributed by atoms with Gasteiger partial charge >= 0.3 is 0 Å². The number of hydrogen-bond donors (Lipinski definition) is 4. The summed E-state index contributed by atoms with van der Waals surface area (Å²) in [5.74, 6) is -1.45. The molecule has 3 rings (SSSR count). The Morgan fingerprint density at radius 3 is 2.57 bits per heavy atom. The maximum Gasteiger partial charge on any atom is 0.262 e. The van der Waals surface area contributed by atoms with E-state index in [-0.39, 0.29) is 24.8 Å². The van der Waals surface area contributed by atoms with Crippen molar-refractivity contribution >= 4 is 11.6 Å². The molecular weight excluding hydrogens is 370 g/mol. The van der Waals surface area contributed by atoms with Gasteiger partial charge in [-0.15, -0.1) is 0 Å². The van der Waals surface area contributed by atoms with Crippen LogP contribution in [-0.2, 0) is 11.2 Å². The van der Waals surface area contributed by atoms with Crippen LogP contribution in [-0.4, -0.2) is 34.8 Å². The first-order valence-electron chi connectivity index (χ1n) is 8.80. The van der Waals surface area contributed by atoms with Crippen LogP contribution in [0.3, 0.4) is 0 Å². The van der Waals surface area contributed by atoms with Gasteiger partial charge in [-0.2, -0.15) is 0 Å². The number of benzene rings is 2. The minimum atomic E-state index is -1.04. The second-order valence-electron chi connectivity index (χ2n) is 7.48. The third-order valence-corrected chi connectivity index (χ3v) is 4.43. The van der Waals surface area contributed by atoms with E-state index in [0.717, 1.165) is 6.07 Å². The van der Waals surface area contributed by atoms with Crippen molar-refractivity contribution in [1.82, 2.24) is 5.32 Å². The number of β-amino-alcohol motifs (C(OH)–C–C–N with tert-alkyl or cyclic N) is 1. The molecule has 1 atom stereocenters. The van der Waals surface area contributed by atoms with Crippen LogP contribution in [0.4, 0.5) is 14.5 Å². The van der Waals surface area contributed by atoms with Gasteiger partial charge in [-0.1, -0.05) is 0 Å². The van der Waals surface area contributed by atoms with E-state index >= 15 is 0 Å². The largest absolute Gasteiger partial charge is 0.508 e. The van der Waals surface area contributed by atoms with Crippen LogP contribution in [0.5, 0.6) is 11.5 Å². The Morgan fingerprint density at radius 1 is 1.21 bits per heavy atom. The molecule has 0 fully saturated rings. The fourth-order valence-electron chi connectivity index (χ4n) is 3.23. The Labute approximate surface area is 161 Å². The molecule has 4 N–H and O–H groups in total. The average Bonchev–Trinajstić information content (AvgIpc) is 2.57. The number of ether oxygens (including phenoxy) is 1. The first-order valence-corrected chi connectivity index (χ1v) is 8.80. The number of halogens is 2. The summed E-state index contributed by atoms with van der Waals surface area (Å²) in [6.07, 6.45) is -0.710. The molecule has 0 aliphatic carbocycles. The zero-order valence-corrected chi connectivity index (χ0v) is 15.6. The van der Waals surface area contributed by atoms with Crippen LogP contribution >= 0.6 is 0 Å². The van der Waals surface area contributed by atoms with Crippen LogP contribution in [0.15, 0.2) is 30.3 Å². The molecule has 150 valence electrons. The highest BCUT2D eigenvalue weighted by Gasteiger charge is 2.26. The zero-order valence-electron chi connectivity index (χ0n) is 15.6. The summed E-state index contributed by atoms with van der Waals surface area (Å²) in [6.45, 7) is 3.61. The molecule has 0 bridgehead atoms. The van der Waals surface area contributed by atoms with Crippen molar-refractivity contribution in [3.63, 3.8) is 0 Å². The van der Waals surface area contributed by atoms with Crippen LogP contribution in [0, 0.1) is 11.6 Å². The first-order chi connectivity index (χ1) is 13.1. The highest BCUT2D eigenvalue weighted by Crippen LogP contribution is 2.38. The molecular formula is C20H22F2N2O4. The number of carbonyl (C=O) groups excluding carboxylic acids is 1. The molecule has 1 unspecified atom stereocenters. The molecule has 0 aromatic heterocycles. The van der Waals surface area contributed by atoms with Crippen molar-refractivity contribution in [2.75, 3.05) is 18.5 Å². The normalized spacial score (nSPS) is 14.8. The zero-order chi connectivity index (χ0) is 20.5. The lowest BCUT2D eigenvalue weighted by atomic mass is 9.94. The number of carbonyl (C=O) groups is 1. The Hall–Kier alpha value is -2.71. The quantitative estimate of drug-likeness (QED) is 0.607. The highest BCUT2D eigenvalue weighted by atomic mass is 19.1. The van der Waals surface area contributed by atoms with Crippen LogP contribution in [0.2, 0.25) is 0 Å². The smallest absolute Gasteiger partial charge is 0.262 e. The lowest BCUT2D eigenvalue weighted by molar-refractivity contribution is -0.118. The van der Waals surface area contributed by atoms with Crippen molar-refractivity contribution in [3.05, 3.63) is 53.1 Å². The molecule has 1 aliphatic heterocycles. The van der Waals surface area contributed by atoms with Gasteiger partial charge in [0.2, 0.25) is 0 Å². The third-order valence-electron chi connectivity index (χ3n) is 4.43. The predicted octanol–water partition coefficient (Wildman–Crippen LogP) is 2.65. The van der Waals surface area contributed by atoms with E-state index in [1.54, 1.807) is 0 Å². The second kappa shape index (κ2) is 7.73. The SMILES string of the molecule is CC(C)(Cc1cc(F)cc(F)c1)NCC(O)c1cc(O)cc2c1OCC(=O)N2. The van der Waals surface area contributed by atoms with Gasteiger partial charge in [0.25, 0.3) is 5.91 Å². The Bertz CT molecular complexity index is 882. The fourth-order valence-corrected chi connectivity index (χ4v) is 3.23. The summed E-state index contributed by atoms with van der Waals surface area (Å²) >= 11 is 0. The summed E-state index contributed by atoms with van der Waals surface area (Å²) in [5, 5.41) is 26.2. The molecule has 8 heteroatoms. The average molecular weight is 392 g/mol. The molecule has 2 aromatic carbocycles. The molecule has 28 heavy (non-hydrogen) atoms. The third kappa shape index (κ3) is 4.76. The summed E-state index contributed by atoms with van der Waals surface area (Å²) < 4.78 is 32.2. The van der Waals surface area contributed by atoms with Gasteiger partial charge in [-0.3, -0.25) is 4.79 Å². The molecule has 0 saturated carbocycles. The maximum absolute atomic E-state index is 13.4. The molecule has 1 aliphatic rings. The number of fused-ring (bicyclic) bond motifs is 1. The van der Waals surface area contributed by atoms with E-state index in [4.69, 9.17) is 4.74 Å². The van der Waals surface area contributed by atoms with E-state index in [1.807, 2.05) is 13.8 Å². The minimum absolute atomic E-state index is 0.0952. The molecule has 6 nitrogen and oxygen atoms in total. The summed E-state index contributed by atoms with van der Waals surface area (Å²) in [7, 11) is 0. The number of phenols is 1. The standard InChI is InChI=1S/C20H22F2N2O4/c1-20(2,8-11-3-12(21)5-13(22)4-11)23-9-17(26)15-6-14(25)7-16-19(15)28-10-18(27)24-16/h3-7,17,23,25-26H,8-10H2,1-2H3,(H,24,27). The number of hydrogen-bond acceptors (Lipinski definition) is 5. The molecule has 1 amide bonds. The van der Waals surface area contributed by atoms with Crippen molar-refractivity contribution in [3.8, 4) is 11.5 Å². The van der Waals surface area contributed by atoms with Gasteiger partial charge in [-0.05, 0) is 44.0 Å². The van der Waals surface area contributed by atoms with E-state index in [1.165, 1.54) is 24.3 Å². The van der Waals surface area contributed by atoms with Crippen LogP contribution in [0.25, 0.3) is 0 Å². The number of nitrogens with one attached hydrogen (secondary N) is 2. The van der Waals surface area contributed by atoms with Crippen molar-refractivity contribution in [2.24, 2.45) is 0 Å². The van der Waals surface area contributed by atoms with Crippen molar-refractivity contribution < 1.29 is 28.5 Å². The van der Waals surface area contributed by atoms with Gasteiger partial charge in [0.1, 0.15) is 23.1 Å². The monoisotopic (exact) mass is 392 g/mol. The number of anilines is 1. The van der Waals surface area contributed by atoms with E-state index in [9.17, 15) is 23.8 Å². The van der Waals surface area contributed by atoms with Crippen LogP contribution < -0.4 is 15.4 Å². The van der Waals surface area contributed by atoms with Gasteiger partial charge < -0.3 is 25.6 Å². The van der Waals surface area contributed by atoms with Gasteiger partial charge in [0.05, 0.1) is 11.8 Å². The number of rotatable bonds is 6. The Kier molecular flexibility index (Phi) is 5.53. The number of aliphatic hydroxyl groups is 1. The summed E-state index contributed by atoms with van der Waals surface area (Å²) in [5.41, 5.74) is 0.535. The Morgan fingerprint density at radius 2 is 1.89 bits per heavy atom. The number of aliphatic hydroxyl groups excluding tert-OH is 1. The molecule has 1 heterocycles. The molecule has 0 radical (unpaired) electrons. The molecule has 2 aromatic rings. The lowest BCUT2D eigenvalue weighted by Gasteiger charge is -2.29. The van der Waals surface area contributed by atoms with Gasteiger partial charge in [0.15, 0.2) is 6.61 Å². The fraction of sp³-hybridized carbons (Fsp3) is 0.350. The van der Waals surface area contributed by atoms with Crippen LogP contribution in [0.1, 0.15) is 31.1 Å². The van der Waals surface area contributed by atoms with Gasteiger partial charge in [0, 0.05) is 29.8 Å². The van der Waals surface area contributed by atoms with E-state index < -0.39 is 23.3 Å². The minimum Gasteiger partial charge on any atom is -0.508 e. The number of aromatic hydroxyl groups is 1. The molecule has 0 saturated heterocycles. The van der Waals surface area contributed by atoms with Crippen molar-refractivity contribution in [2.45, 2.75) is 31.9 Å². The Balaban J connectivity index is 1.71. The molecule has 0 spiro atoms. The second-order valence-corrected chi connectivity index (χ2v) is 7.48. The van der Waals surface area contributed by atoms with E-state index in [2.05, 4.69) is 10.6 Å². The lowest BCUT2D eigenvalue weighted by Crippen LogP contribution is -2.43. The summed E-state index contributed by atoms with van der Waals surface area (Å²) in [6, 6.07) is 6.07. The van der Waals surface area contributed by atoms with Gasteiger partial charge in [-0.25, -0.2) is 8.78 Å². The highest BCUT2D eigenvalue weighted by molar-refractivity contribution is 5.96. The maximum atomic E-state index is 13.4.